The summed E-state index contributed by atoms with van der Waals surface area (Å²) in [4.78, 5) is 46.5. The van der Waals surface area contributed by atoms with Crippen LogP contribution in [-0.2, 0) is 52.3 Å². The number of halogens is 1. The number of Topliss-reactive ketones (excluding diaryl/α,β-unsaturated/α-hetero) is 2. The summed E-state index contributed by atoms with van der Waals surface area (Å²) in [6.45, 7) is 8.01. The van der Waals surface area contributed by atoms with Crippen molar-refractivity contribution in [3.8, 4) is 0 Å². The molecular formula is C50H70FNO11. The Bertz CT molecular complexity index is 1870. The van der Waals surface area contributed by atoms with Gasteiger partial charge in [0.1, 0.15) is 30.2 Å². The summed E-state index contributed by atoms with van der Waals surface area (Å²) in [7, 11) is 9.02. The van der Waals surface area contributed by atoms with E-state index in [-0.39, 0.29) is 95.9 Å². The van der Waals surface area contributed by atoms with Crippen LogP contribution in [0.2, 0.25) is 0 Å². The van der Waals surface area contributed by atoms with E-state index in [1.54, 1.807) is 33.5 Å². The lowest BCUT2D eigenvalue weighted by Gasteiger charge is -2.45. The summed E-state index contributed by atoms with van der Waals surface area (Å²) >= 11 is 0. The number of esters is 1. The molecule has 0 aromatic heterocycles. The number of rotatable bonds is 10. The summed E-state index contributed by atoms with van der Waals surface area (Å²) in [6, 6.07) is 6.38. The van der Waals surface area contributed by atoms with Crippen LogP contribution in [-0.4, -0.2) is 125 Å². The van der Waals surface area contributed by atoms with E-state index in [2.05, 4.69) is 38.1 Å². The average molecular weight is 880 g/mol. The number of cyclic esters (lactones) is 1. The fourth-order valence-electron chi connectivity index (χ4n) is 13.0. The van der Waals surface area contributed by atoms with E-state index < -0.39 is 48.6 Å². The minimum absolute atomic E-state index is 0.00471. The second-order valence-electron chi connectivity index (χ2n) is 19.7. The zero-order valence-corrected chi connectivity index (χ0v) is 38.6. The highest BCUT2D eigenvalue weighted by atomic mass is 19.1. The number of fused-ring (bicyclic) bond motifs is 8. The van der Waals surface area contributed by atoms with E-state index in [0.29, 0.717) is 48.8 Å². The van der Waals surface area contributed by atoms with Crippen LogP contribution in [0.5, 0.6) is 0 Å². The van der Waals surface area contributed by atoms with E-state index in [0.717, 1.165) is 19.3 Å². The Hall–Kier alpha value is -2.88. The minimum Gasteiger partial charge on any atom is -0.462 e. The van der Waals surface area contributed by atoms with Gasteiger partial charge in [0, 0.05) is 50.7 Å². The number of carbonyl (C=O) groups excluding carboxylic acids is 3. The molecule has 0 N–H and O–H groups in total. The third-order valence-electron chi connectivity index (χ3n) is 16.1. The number of ketones is 2. The number of carbonyl (C=O) groups is 3. The first-order valence-corrected chi connectivity index (χ1v) is 23.6. The van der Waals surface area contributed by atoms with Crippen LogP contribution in [0.1, 0.15) is 91.0 Å². The molecule has 13 heteroatoms. The van der Waals surface area contributed by atoms with Crippen molar-refractivity contribution in [2.45, 2.75) is 153 Å². The van der Waals surface area contributed by atoms with Gasteiger partial charge in [0.15, 0.2) is 24.1 Å². The second kappa shape index (κ2) is 19.5. The Morgan fingerprint density at radius 1 is 0.778 bits per heavy atom. The van der Waals surface area contributed by atoms with E-state index in [9.17, 15) is 9.18 Å². The Morgan fingerprint density at radius 3 is 2.13 bits per heavy atom. The van der Waals surface area contributed by atoms with Gasteiger partial charge in [-0.2, -0.15) is 0 Å². The van der Waals surface area contributed by atoms with Gasteiger partial charge < -0.3 is 42.8 Å². The molecule has 3 saturated heterocycles. The Morgan fingerprint density at radius 2 is 1.48 bits per heavy atom. The average Bonchev–Trinajstić information content (AvgIpc) is 3.95. The largest absolute Gasteiger partial charge is 0.462 e. The van der Waals surface area contributed by atoms with Crippen molar-refractivity contribution in [1.29, 1.82) is 0 Å². The first-order valence-electron chi connectivity index (χ1n) is 23.6. The van der Waals surface area contributed by atoms with Crippen molar-refractivity contribution in [2.24, 2.45) is 47.3 Å². The maximum atomic E-state index is 15.2. The second-order valence-corrected chi connectivity index (χ2v) is 19.7. The Kier molecular flexibility index (Phi) is 14.5. The summed E-state index contributed by atoms with van der Waals surface area (Å²) in [6.07, 6.45) is 6.13. The third kappa shape index (κ3) is 9.03. The van der Waals surface area contributed by atoms with E-state index in [4.69, 9.17) is 37.9 Å². The highest BCUT2D eigenvalue weighted by molar-refractivity contribution is 6.24. The lowest BCUT2D eigenvalue weighted by atomic mass is 9.57. The maximum Gasteiger partial charge on any atom is 0.306 e. The van der Waals surface area contributed by atoms with Crippen molar-refractivity contribution in [3.63, 3.8) is 0 Å². The number of likely N-dealkylation sites (N-methyl/N-ethyl adjacent to an activating group) is 1. The number of hydrogen-bond acceptors (Lipinski definition) is 12. The summed E-state index contributed by atoms with van der Waals surface area (Å²) in [5.74, 6) is -2.95. The molecule has 0 amide bonds. The molecule has 0 radical (unpaired) electrons. The molecule has 0 bridgehead atoms. The van der Waals surface area contributed by atoms with E-state index in [1.165, 1.54) is 12.1 Å². The highest BCUT2D eigenvalue weighted by Gasteiger charge is 2.62. The van der Waals surface area contributed by atoms with Gasteiger partial charge in [-0.15, -0.1) is 0 Å². The molecule has 0 spiro atoms. The maximum absolute atomic E-state index is 15.2. The lowest BCUT2D eigenvalue weighted by Crippen LogP contribution is -2.59. The molecule has 19 atom stereocenters. The van der Waals surface area contributed by atoms with Gasteiger partial charge in [0.2, 0.25) is 0 Å². The number of ether oxygens (including phenoxy) is 8. The molecule has 5 fully saturated rings. The fourth-order valence-corrected chi connectivity index (χ4v) is 13.0. The van der Waals surface area contributed by atoms with Crippen molar-refractivity contribution in [1.82, 2.24) is 4.90 Å². The molecule has 1 aromatic rings. The van der Waals surface area contributed by atoms with Gasteiger partial charge >= 0.3 is 5.97 Å². The smallest absolute Gasteiger partial charge is 0.306 e. The topological polar surface area (TPSA) is 128 Å². The molecule has 348 valence electrons. The Labute approximate surface area is 372 Å². The minimum atomic E-state index is -0.726. The number of benzene rings is 1. The van der Waals surface area contributed by atoms with Gasteiger partial charge in [-0.25, -0.2) is 4.39 Å². The van der Waals surface area contributed by atoms with Gasteiger partial charge in [-0.1, -0.05) is 38.1 Å². The SMILES string of the molecule is CC[C@H]1CCC[C@H](O[C@H]2CC[C@H](N(C)C)[C@@H](C)O2)[C@@H](C)C(=O)C2=C[C@H]3[C@@H]4C[C@H](O[C@@H]5O[C@@H](C)[C@H](OC)[C@@H](OC)[C@H]5OC)C[C@H]4C4C=C(c5ccc(F)cc5)C(=O)C4[C@H]3[C@@H]2CC(=O)O1. The molecule has 4 aliphatic carbocycles. The van der Waals surface area contributed by atoms with Crippen LogP contribution >= 0.6 is 0 Å². The van der Waals surface area contributed by atoms with Gasteiger partial charge in [-0.05, 0) is 132 Å². The molecule has 63 heavy (non-hydrogen) atoms. The summed E-state index contributed by atoms with van der Waals surface area (Å²) in [5, 5.41) is 0. The Balaban J connectivity index is 1.14. The number of methoxy groups -OCH3 is 3. The van der Waals surface area contributed by atoms with Gasteiger partial charge in [0.25, 0.3) is 0 Å². The normalized spacial score (nSPS) is 43.2. The van der Waals surface area contributed by atoms with Crippen LogP contribution in [0, 0.1) is 53.2 Å². The molecule has 7 aliphatic rings. The molecule has 1 aromatic carbocycles. The fraction of sp³-hybridized carbons (Fsp3) is 0.740. The summed E-state index contributed by atoms with van der Waals surface area (Å²) in [5.41, 5.74) is 1.83. The van der Waals surface area contributed by atoms with E-state index >= 15 is 9.59 Å². The predicted molar refractivity (Wildman–Crippen MR) is 231 cm³/mol. The van der Waals surface area contributed by atoms with Crippen LogP contribution in [0.25, 0.3) is 5.57 Å². The van der Waals surface area contributed by atoms with Gasteiger partial charge in [-0.3, -0.25) is 14.4 Å². The highest BCUT2D eigenvalue weighted by Crippen LogP contribution is 2.63. The van der Waals surface area contributed by atoms with E-state index in [1.807, 2.05) is 20.8 Å². The van der Waals surface area contributed by atoms with Crippen LogP contribution in [0.15, 0.2) is 42.0 Å². The van der Waals surface area contributed by atoms with Gasteiger partial charge in [0.05, 0.1) is 30.8 Å². The van der Waals surface area contributed by atoms with Crippen LogP contribution in [0.4, 0.5) is 4.39 Å². The molecule has 8 rings (SSSR count). The molecule has 3 aliphatic heterocycles. The third-order valence-corrected chi connectivity index (χ3v) is 16.1. The molecular weight excluding hydrogens is 810 g/mol. The lowest BCUT2D eigenvalue weighted by molar-refractivity contribution is -0.314. The monoisotopic (exact) mass is 879 g/mol. The molecule has 2 unspecified atom stereocenters. The van der Waals surface area contributed by atoms with Crippen LogP contribution < -0.4 is 0 Å². The van der Waals surface area contributed by atoms with Crippen molar-refractivity contribution in [2.75, 3.05) is 35.4 Å². The molecule has 3 heterocycles. The molecule has 12 nitrogen and oxygen atoms in total. The summed E-state index contributed by atoms with van der Waals surface area (Å²) < 4.78 is 64.6. The quantitative estimate of drug-likeness (QED) is 0.225. The molecule has 2 saturated carbocycles. The first kappa shape index (κ1) is 46.6. The first-order chi connectivity index (χ1) is 30.3. The standard InChI is InChI=1S/C50H70FNO11/c1-10-30-12-11-13-40(63-42-19-18-39(52(5)6)26(3)59-42)25(2)45(54)38-23-35-33-20-31(62-50-49(58-9)48(57-8)47(56-7)27(4)60-50)21-34(33)36-22-32(28-14-16-29(51)17-15-28)46(55)44(36)43(35)37(38)24-41(53)61-30/h14-17,22-23,25-27,30-31,33-37,39-40,42-44,47-50H,10-13,18-21,24H2,1-9H3/t25-,26-,27+,30+,31+,33-,34-,35+,36?,37-,39+,40+,42+,43-,44?,47+,48-,49-,50+/m1/s1. The number of hydrogen-bond donors (Lipinski definition) is 0. The number of allylic oxidation sites excluding steroid dienone is 4. The zero-order valence-electron chi connectivity index (χ0n) is 38.6. The van der Waals surface area contributed by atoms with Crippen molar-refractivity contribution < 1.29 is 56.7 Å². The zero-order chi connectivity index (χ0) is 44.9. The van der Waals surface area contributed by atoms with Crippen molar-refractivity contribution >= 4 is 23.1 Å². The van der Waals surface area contributed by atoms with Crippen LogP contribution in [0.3, 0.4) is 0 Å². The van der Waals surface area contributed by atoms with Crippen molar-refractivity contribution in [3.05, 3.63) is 53.4 Å². The number of nitrogens with zero attached hydrogens (tertiary/aromatic N) is 1. The predicted octanol–water partition coefficient (Wildman–Crippen LogP) is 6.97.